The molecule has 2 rings (SSSR count). The largest absolute Gasteiger partial charge is 0.326 e. The third kappa shape index (κ3) is 4.33. The molecule has 1 aliphatic heterocycles. The summed E-state index contributed by atoms with van der Waals surface area (Å²) in [4.78, 5) is 14.2. The minimum absolute atomic E-state index is 0.107. The molecule has 4 nitrogen and oxygen atoms in total. The van der Waals surface area contributed by atoms with Gasteiger partial charge in [-0.2, -0.15) is 0 Å². The van der Waals surface area contributed by atoms with Gasteiger partial charge in [0.1, 0.15) is 0 Å². The summed E-state index contributed by atoms with van der Waals surface area (Å²) in [7, 11) is 4.09. The molecule has 1 amide bonds. The van der Waals surface area contributed by atoms with Crippen molar-refractivity contribution in [3.05, 3.63) is 29.8 Å². The lowest BCUT2D eigenvalue weighted by molar-refractivity contribution is -0.120. The minimum atomic E-state index is 0.107. The van der Waals surface area contributed by atoms with E-state index in [4.69, 9.17) is 0 Å². The van der Waals surface area contributed by atoms with E-state index in [1.807, 2.05) is 26.2 Å². The zero-order chi connectivity index (χ0) is 13.7. The van der Waals surface area contributed by atoms with Gasteiger partial charge in [0.15, 0.2) is 0 Å². The number of piperidine rings is 1. The average molecular weight is 261 g/mol. The van der Waals surface area contributed by atoms with E-state index < -0.39 is 0 Å². The second-order valence-electron chi connectivity index (χ2n) is 5.47. The van der Waals surface area contributed by atoms with Crippen molar-refractivity contribution in [2.75, 3.05) is 32.5 Å². The van der Waals surface area contributed by atoms with E-state index in [-0.39, 0.29) is 11.8 Å². The molecule has 0 spiro atoms. The fraction of sp³-hybridized carbons (Fsp3) is 0.533. The van der Waals surface area contributed by atoms with Gasteiger partial charge in [0.05, 0.1) is 5.92 Å². The Hall–Kier alpha value is -1.39. The molecule has 1 fully saturated rings. The molecule has 1 aliphatic rings. The highest BCUT2D eigenvalue weighted by atomic mass is 16.1. The Morgan fingerprint density at radius 3 is 2.68 bits per heavy atom. The minimum Gasteiger partial charge on any atom is -0.326 e. The van der Waals surface area contributed by atoms with E-state index in [0.29, 0.717) is 0 Å². The number of carbonyl (C=O) groups is 1. The number of nitrogens with one attached hydrogen (secondary N) is 2. The van der Waals surface area contributed by atoms with Crippen molar-refractivity contribution in [1.82, 2.24) is 10.2 Å². The van der Waals surface area contributed by atoms with Crippen molar-refractivity contribution in [3.8, 4) is 0 Å². The molecule has 0 saturated carbocycles. The molecule has 2 N–H and O–H groups in total. The van der Waals surface area contributed by atoms with Crippen LogP contribution in [0.25, 0.3) is 0 Å². The lowest BCUT2D eigenvalue weighted by Crippen LogP contribution is -2.37. The Morgan fingerprint density at radius 2 is 2.11 bits per heavy atom. The zero-order valence-electron chi connectivity index (χ0n) is 11.8. The molecule has 0 radical (unpaired) electrons. The summed E-state index contributed by atoms with van der Waals surface area (Å²) in [5.41, 5.74) is 2.14. The molecule has 1 heterocycles. The Labute approximate surface area is 115 Å². The predicted octanol–water partition coefficient (Wildman–Crippen LogP) is 1.69. The highest BCUT2D eigenvalue weighted by Gasteiger charge is 2.20. The van der Waals surface area contributed by atoms with Crippen molar-refractivity contribution in [3.63, 3.8) is 0 Å². The fourth-order valence-electron chi connectivity index (χ4n) is 2.38. The van der Waals surface area contributed by atoms with E-state index in [2.05, 4.69) is 27.7 Å². The molecule has 1 aromatic rings. The SMILES string of the molecule is CN(C)Cc1ccc(NC(=O)C2CCCNC2)cc1. The maximum Gasteiger partial charge on any atom is 0.228 e. The van der Waals surface area contributed by atoms with Crippen LogP contribution < -0.4 is 10.6 Å². The van der Waals surface area contributed by atoms with E-state index >= 15 is 0 Å². The lowest BCUT2D eigenvalue weighted by Gasteiger charge is -2.22. The molecule has 1 unspecified atom stereocenters. The number of carbonyl (C=O) groups excluding carboxylic acids is 1. The predicted molar refractivity (Wildman–Crippen MR) is 78.1 cm³/mol. The van der Waals surface area contributed by atoms with Crippen LogP contribution in [0.1, 0.15) is 18.4 Å². The van der Waals surface area contributed by atoms with Crippen LogP contribution in [0.4, 0.5) is 5.69 Å². The number of amides is 1. The van der Waals surface area contributed by atoms with Gasteiger partial charge in [0, 0.05) is 18.8 Å². The summed E-state index contributed by atoms with van der Waals surface area (Å²) in [6.07, 6.45) is 2.07. The third-order valence-corrected chi connectivity index (χ3v) is 3.39. The van der Waals surface area contributed by atoms with Crippen LogP contribution in [-0.4, -0.2) is 38.0 Å². The summed E-state index contributed by atoms with van der Waals surface area (Å²) in [6.45, 7) is 2.74. The number of nitrogens with zero attached hydrogens (tertiary/aromatic N) is 1. The van der Waals surface area contributed by atoms with Crippen LogP contribution >= 0.6 is 0 Å². The maximum absolute atomic E-state index is 12.1. The van der Waals surface area contributed by atoms with E-state index in [9.17, 15) is 4.79 Å². The second kappa shape index (κ2) is 6.68. The van der Waals surface area contributed by atoms with Gasteiger partial charge in [0.2, 0.25) is 5.91 Å². The summed E-state index contributed by atoms with van der Waals surface area (Å²) >= 11 is 0. The average Bonchev–Trinajstić information content (AvgIpc) is 2.41. The van der Waals surface area contributed by atoms with E-state index in [1.54, 1.807) is 0 Å². The van der Waals surface area contributed by atoms with Crippen molar-refractivity contribution < 1.29 is 4.79 Å². The standard InChI is InChI=1S/C15H23N3O/c1-18(2)11-12-5-7-14(8-6-12)17-15(19)13-4-3-9-16-10-13/h5-8,13,16H,3-4,9-11H2,1-2H3,(H,17,19). The smallest absolute Gasteiger partial charge is 0.228 e. The quantitative estimate of drug-likeness (QED) is 0.867. The third-order valence-electron chi connectivity index (χ3n) is 3.39. The second-order valence-corrected chi connectivity index (χ2v) is 5.47. The van der Waals surface area contributed by atoms with Gasteiger partial charge < -0.3 is 15.5 Å². The lowest BCUT2D eigenvalue weighted by atomic mass is 9.99. The monoisotopic (exact) mass is 261 g/mol. The van der Waals surface area contributed by atoms with Gasteiger partial charge in [-0.25, -0.2) is 0 Å². The normalized spacial score (nSPS) is 19.4. The van der Waals surface area contributed by atoms with Crippen LogP contribution in [0.15, 0.2) is 24.3 Å². The van der Waals surface area contributed by atoms with Crippen molar-refractivity contribution in [1.29, 1.82) is 0 Å². The Morgan fingerprint density at radius 1 is 1.37 bits per heavy atom. The van der Waals surface area contributed by atoms with Gasteiger partial charge >= 0.3 is 0 Å². The topological polar surface area (TPSA) is 44.4 Å². The number of rotatable bonds is 4. The van der Waals surface area contributed by atoms with Gasteiger partial charge in [-0.15, -0.1) is 0 Å². The molecule has 0 aliphatic carbocycles. The van der Waals surface area contributed by atoms with Gasteiger partial charge in [0.25, 0.3) is 0 Å². The Kier molecular flexibility index (Phi) is 4.93. The van der Waals surface area contributed by atoms with Crippen LogP contribution in [-0.2, 0) is 11.3 Å². The molecule has 104 valence electrons. The molecule has 0 aromatic heterocycles. The molecular weight excluding hydrogens is 238 g/mol. The number of hydrogen-bond acceptors (Lipinski definition) is 3. The first-order chi connectivity index (χ1) is 9.15. The molecular formula is C15H23N3O. The highest BCUT2D eigenvalue weighted by Crippen LogP contribution is 2.15. The molecule has 0 bridgehead atoms. The summed E-state index contributed by atoms with van der Waals surface area (Å²) in [6, 6.07) is 8.09. The summed E-state index contributed by atoms with van der Waals surface area (Å²) < 4.78 is 0. The van der Waals surface area contributed by atoms with Gasteiger partial charge in [-0.05, 0) is 51.2 Å². The summed E-state index contributed by atoms with van der Waals surface area (Å²) in [5.74, 6) is 0.239. The number of anilines is 1. The van der Waals surface area contributed by atoms with Crippen LogP contribution in [0, 0.1) is 5.92 Å². The van der Waals surface area contributed by atoms with Gasteiger partial charge in [-0.1, -0.05) is 12.1 Å². The van der Waals surface area contributed by atoms with Crippen LogP contribution in [0.3, 0.4) is 0 Å². The number of benzene rings is 1. The van der Waals surface area contributed by atoms with Crippen LogP contribution in [0.2, 0.25) is 0 Å². The Balaban J connectivity index is 1.89. The van der Waals surface area contributed by atoms with E-state index in [1.165, 1.54) is 5.56 Å². The van der Waals surface area contributed by atoms with Crippen molar-refractivity contribution in [2.45, 2.75) is 19.4 Å². The van der Waals surface area contributed by atoms with E-state index in [0.717, 1.165) is 38.2 Å². The fourth-order valence-corrected chi connectivity index (χ4v) is 2.38. The summed E-state index contributed by atoms with van der Waals surface area (Å²) in [5, 5.41) is 6.27. The maximum atomic E-state index is 12.1. The first kappa shape index (κ1) is 14.0. The molecule has 1 aromatic carbocycles. The first-order valence-corrected chi connectivity index (χ1v) is 6.90. The van der Waals surface area contributed by atoms with Crippen molar-refractivity contribution in [2.24, 2.45) is 5.92 Å². The van der Waals surface area contributed by atoms with Crippen LogP contribution in [0.5, 0.6) is 0 Å². The Bertz CT molecular complexity index is 408. The molecule has 1 saturated heterocycles. The zero-order valence-corrected chi connectivity index (χ0v) is 11.8. The van der Waals surface area contributed by atoms with Crippen molar-refractivity contribution >= 4 is 11.6 Å². The molecule has 1 atom stereocenters. The number of hydrogen-bond donors (Lipinski definition) is 2. The molecule has 19 heavy (non-hydrogen) atoms. The van der Waals surface area contributed by atoms with Gasteiger partial charge in [-0.3, -0.25) is 4.79 Å². The highest BCUT2D eigenvalue weighted by molar-refractivity contribution is 5.92. The molecule has 4 heteroatoms. The first-order valence-electron chi connectivity index (χ1n) is 6.90.